The van der Waals surface area contributed by atoms with Crippen molar-refractivity contribution in [3.05, 3.63) is 114 Å². The Hall–Kier alpha value is -3.71. The van der Waals surface area contributed by atoms with Gasteiger partial charge in [0.15, 0.2) is 11.6 Å². The quantitative estimate of drug-likeness (QED) is 0.346. The molecule has 1 aliphatic heterocycles. The van der Waals surface area contributed by atoms with Crippen molar-refractivity contribution < 1.29 is 9.89 Å². The normalized spacial score (nSPS) is 14.8. The number of aromatic nitrogens is 2. The van der Waals surface area contributed by atoms with Crippen LogP contribution in [-0.2, 0) is 13.6 Å². The Morgan fingerprint density at radius 3 is 2.08 bits per heavy atom. The molecule has 184 valence electrons. The molecule has 1 aliphatic rings. The molecule has 5 aromatic rings. The number of aryl methyl sites for hydroxylation is 1. The standard InChI is InChI=1S/C30H30N4O.H2O/c1-32-27-15-14-23(21-26(27)31-30(32)28-13-8-20-35-28)22-33-16-18-34(19-17-33)29(24-9-4-2-5-10-24)25-11-6-3-7-12-25;/h2-15,20-21,29H,16-19,22H2,1H3;1H2. The van der Waals surface area contributed by atoms with E-state index in [0.717, 1.165) is 55.3 Å². The number of hydrogen-bond acceptors (Lipinski definition) is 4. The van der Waals surface area contributed by atoms with Gasteiger partial charge in [-0.1, -0.05) is 66.7 Å². The van der Waals surface area contributed by atoms with E-state index < -0.39 is 0 Å². The Balaban J connectivity index is 0.00000267. The van der Waals surface area contributed by atoms with Crippen LogP contribution in [0, 0.1) is 0 Å². The smallest absolute Gasteiger partial charge is 0.176 e. The Kier molecular flexibility index (Phi) is 7.00. The summed E-state index contributed by atoms with van der Waals surface area (Å²) in [6, 6.07) is 32.6. The minimum atomic E-state index is 0. The van der Waals surface area contributed by atoms with Gasteiger partial charge in [-0.2, -0.15) is 0 Å². The molecule has 0 aliphatic carbocycles. The number of imidazole rings is 1. The highest BCUT2D eigenvalue weighted by Gasteiger charge is 2.26. The van der Waals surface area contributed by atoms with Gasteiger partial charge in [0.1, 0.15) is 0 Å². The van der Waals surface area contributed by atoms with Gasteiger partial charge in [-0.25, -0.2) is 4.98 Å². The lowest BCUT2D eigenvalue weighted by molar-refractivity contribution is 0.105. The van der Waals surface area contributed by atoms with Gasteiger partial charge < -0.3 is 14.5 Å². The molecular weight excluding hydrogens is 448 g/mol. The number of furan rings is 1. The maximum Gasteiger partial charge on any atom is 0.176 e. The third-order valence-corrected chi connectivity index (χ3v) is 7.10. The van der Waals surface area contributed by atoms with E-state index in [1.807, 2.05) is 19.2 Å². The maximum atomic E-state index is 5.58. The number of hydrogen-bond donors (Lipinski definition) is 0. The number of benzene rings is 3. The largest absolute Gasteiger partial charge is 0.461 e. The van der Waals surface area contributed by atoms with E-state index in [-0.39, 0.29) is 5.48 Å². The fourth-order valence-electron chi connectivity index (χ4n) is 5.29. The van der Waals surface area contributed by atoms with Gasteiger partial charge in [0.05, 0.1) is 23.3 Å². The molecule has 6 nitrogen and oxygen atoms in total. The molecule has 0 atom stereocenters. The van der Waals surface area contributed by atoms with Crippen LogP contribution in [0.5, 0.6) is 0 Å². The predicted octanol–water partition coefficient (Wildman–Crippen LogP) is 4.92. The van der Waals surface area contributed by atoms with Crippen LogP contribution >= 0.6 is 0 Å². The lowest BCUT2D eigenvalue weighted by Crippen LogP contribution is -2.47. The highest BCUT2D eigenvalue weighted by molar-refractivity contribution is 5.80. The SMILES string of the molecule is Cn1c(-c2ccco2)nc2cc(CN3CCN(C(c4ccccc4)c4ccccc4)CC3)ccc21.O. The molecule has 0 bridgehead atoms. The molecule has 3 aromatic carbocycles. The van der Waals surface area contributed by atoms with Crippen LogP contribution in [0.25, 0.3) is 22.6 Å². The van der Waals surface area contributed by atoms with Gasteiger partial charge >= 0.3 is 0 Å². The van der Waals surface area contributed by atoms with Crippen LogP contribution in [-0.4, -0.2) is 51.0 Å². The van der Waals surface area contributed by atoms with Gasteiger partial charge in [-0.05, 0) is 41.0 Å². The lowest BCUT2D eigenvalue weighted by atomic mass is 9.96. The van der Waals surface area contributed by atoms with E-state index in [4.69, 9.17) is 9.40 Å². The summed E-state index contributed by atoms with van der Waals surface area (Å²) in [5, 5.41) is 0. The second-order valence-corrected chi connectivity index (χ2v) is 9.33. The van der Waals surface area contributed by atoms with Gasteiger partial charge in [0, 0.05) is 39.8 Å². The van der Waals surface area contributed by atoms with E-state index in [9.17, 15) is 0 Å². The molecule has 36 heavy (non-hydrogen) atoms. The average Bonchev–Trinajstić information content (AvgIpc) is 3.55. The number of fused-ring (bicyclic) bond motifs is 1. The van der Waals surface area contributed by atoms with Gasteiger partial charge in [0.2, 0.25) is 0 Å². The van der Waals surface area contributed by atoms with E-state index in [0.29, 0.717) is 6.04 Å². The Bertz CT molecular complexity index is 1350. The number of nitrogens with zero attached hydrogens (tertiary/aromatic N) is 4. The van der Waals surface area contributed by atoms with Gasteiger partial charge in [-0.3, -0.25) is 9.80 Å². The summed E-state index contributed by atoms with van der Waals surface area (Å²) in [6.45, 7) is 5.13. The lowest BCUT2D eigenvalue weighted by Gasteiger charge is -2.39. The molecule has 1 saturated heterocycles. The Morgan fingerprint density at radius 2 is 1.47 bits per heavy atom. The maximum absolute atomic E-state index is 5.58. The highest BCUT2D eigenvalue weighted by Crippen LogP contribution is 2.30. The summed E-state index contributed by atoms with van der Waals surface area (Å²) in [5.74, 6) is 1.66. The van der Waals surface area contributed by atoms with Crippen molar-refractivity contribution in [1.29, 1.82) is 0 Å². The second kappa shape index (κ2) is 10.5. The first kappa shape index (κ1) is 24.0. The van der Waals surface area contributed by atoms with Gasteiger partial charge in [-0.15, -0.1) is 0 Å². The minimum absolute atomic E-state index is 0. The predicted molar refractivity (Wildman–Crippen MR) is 144 cm³/mol. The summed E-state index contributed by atoms with van der Waals surface area (Å²) in [6.07, 6.45) is 1.69. The molecule has 6 rings (SSSR count). The van der Waals surface area contributed by atoms with Crippen molar-refractivity contribution in [3.63, 3.8) is 0 Å². The van der Waals surface area contributed by atoms with Crippen molar-refractivity contribution >= 4 is 11.0 Å². The average molecular weight is 481 g/mol. The molecular formula is C30H32N4O2. The number of rotatable bonds is 6. The Morgan fingerprint density at radius 1 is 0.806 bits per heavy atom. The van der Waals surface area contributed by atoms with E-state index in [2.05, 4.69) is 93.2 Å². The van der Waals surface area contributed by atoms with E-state index >= 15 is 0 Å². The second-order valence-electron chi connectivity index (χ2n) is 9.33. The molecule has 0 amide bonds. The zero-order valence-corrected chi connectivity index (χ0v) is 20.5. The summed E-state index contributed by atoms with van der Waals surface area (Å²) < 4.78 is 7.68. The molecule has 0 unspecified atom stereocenters. The Labute approximate surface area is 211 Å². The third kappa shape index (κ3) is 4.71. The van der Waals surface area contributed by atoms with Crippen LogP contribution in [0.2, 0.25) is 0 Å². The molecule has 3 heterocycles. The molecule has 2 aromatic heterocycles. The summed E-state index contributed by atoms with van der Waals surface area (Å²) >= 11 is 0. The summed E-state index contributed by atoms with van der Waals surface area (Å²) in [5.41, 5.74) is 6.17. The van der Waals surface area contributed by atoms with Crippen molar-refractivity contribution in [3.8, 4) is 11.6 Å². The fraction of sp³-hybridized carbons (Fsp3) is 0.233. The summed E-state index contributed by atoms with van der Waals surface area (Å²) in [4.78, 5) is 10.0. The van der Waals surface area contributed by atoms with E-state index in [1.165, 1.54) is 16.7 Å². The topological polar surface area (TPSA) is 68.9 Å². The third-order valence-electron chi connectivity index (χ3n) is 7.10. The van der Waals surface area contributed by atoms with Gasteiger partial charge in [0.25, 0.3) is 0 Å². The molecule has 0 radical (unpaired) electrons. The molecule has 1 fully saturated rings. The van der Waals surface area contributed by atoms with Crippen LogP contribution in [0.3, 0.4) is 0 Å². The zero-order valence-electron chi connectivity index (χ0n) is 20.5. The molecule has 2 N–H and O–H groups in total. The van der Waals surface area contributed by atoms with Crippen molar-refractivity contribution in [2.45, 2.75) is 12.6 Å². The zero-order chi connectivity index (χ0) is 23.6. The van der Waals surface area contributed by atoms with Crippen molar-refractivity contribution in [2.24, 2.45) is 7.05 Å². The van der Waals surface area contributed by atoms with E-state index in [1.54, 1.807) is 6.26 Å². The number of piperazine rings is 1. The van der Waals surface area contributed by atoms with Crippen LogP contribution < -0.4 is 0 Å². The highest BCUT2D eigenvalue weighted by atomic mass is 16.3. The first-order valence-corrected chi connectivity index (χ1v) is 12.3. The minimum Gasteiger partial charge on any atom is -0.461 e. The van der Waals surface area contributed by atoms with Crippen molar-refractivity contribution in [2.75, 3.05) is 26.2 Å². The van der Waals surface area contributed by atoms with Crippen molar-refractivity contribution in [1.82, 2.24) is 19.4 Å². The monoisotopic (exact) mass is 480 g/mol. The van der Waals surface area contributed by atoms with Crippen LogP contribution in [0.1, 0.15) is 22.7 Å². The first-order valence-electron chi connectivity index (χ1n) is 12.3. The molecule has 0 spiro atoms. The van der Waals surface area contributed by atoms with Crippen LogP contribution in [0.15, 0.2) is 102 Å². The molecule has 6 heteroatoms. The van der Waals surface area contributed by atoms with Crippen LogP contribution in [0.4, 0.5) is 0 Å². The fourth-order valence-corrected chi connectivity index (χ4v) is 5.29. The molecule has 0 saturated carbocycles. The summed E-state index contributed by atoms with van der Waals surface area (Å²) in [7, 11) is 2.04. The first-order chi connectivity index (χ1) is 17.3.